The van der Waals surface area contributed by atoms with E-state index in [0.717, 1.165) is 39.9 Å². The maximum atomic E-state index is 6.37. The summed E-state index contributed by atoms with van der Waals surface area (Å²) in [5.74, 6) is 4.66. The molecule has 2 aromatic carbocycles. The van der Waals surface area contributed by atoms with Gasteiger partial charge in [-0.2, -0.15) is 0 Å². The summed E-state index contributed by atoms with van der Waals surface area (Å²) < 4.78 is 16.9. The van der Waals surface area contributed by atoms with Crippen molar-refractivity contribution < 1.29 is 14.2 Å². The zero-order chi connectivity index (χ0) is 19.9. The van der Waals surface area contributed by atoms with Crippen LogP contribution in [0.1, 0.15) is 18.9 Å². The molecule has 3 rings (SSSR count). The maximum Gasteiger partial charge on any atom is 0.188 e. The number of benzene rings is 2. The lowest BCUT2D eigenvalue weighted by Gasteiger charge is -2.24. The summed E-state index contributed by atoms with van der Waals surface area (Å²) in [6.07, 6.45) is 0.776. The molecule has 0 radical (unpaired) electrons. The Balaban J connectivity index is 1.56. The Morgan fingerprint density at radius 1 is 1.25 bits per heavy atom. The molecule has 3 atom stereocenters. The molecule has 0 saturated heterocycles. The van der Waals surface area contributed by atoms with Crippen LogP contribution in [0.4, 0.5) is 0 Å². The second-order valence-electron chi connectivity index (χ2n) is 7.21. The minimum atomic E-state index is -0.261. The van der Waals surface area contributed by atoms with Gasteiger partial charge < -0.3 is 14.2 Å². The van der Waals surface area contributed by atoms with Crippen LogP contribution in [0.3, 0.4) is 0 Å². The van der Waals surface area contributed by atoms with Gasteiger partial charge in [0.2, 0.25) is 0 Å². The molecule has 28 heavy (non-hydrogen) atoms. The first-order chi connectivity index (χ1) is 13.6. The Morgan fingerprint density at radius 3 is 2.89 bits per heavy atom. The molecule has 6 heteroatoms. The third-order valence-corrected chi connectivity index (χ3v) is 7.37. The van der Waals surface area contributed by atoms with E-state index in [-0.39, 0.29) is 13.0 Å². The van der Waals surface area contributed by atoms with E-state index in [1.807, 2.05) is 41.7 Å². The van der Waals surface area contributed by atoms with Crippen molar-refractivity contribution in [2.24, 2.45) is 17.6 Å². The predicted molar refractivity (Wildman–Crippen MR) is 117 cm³/mol. The lowest BCUT2D eigenvalue weighted by Crippen LogP contribution is -2.37. The first-order valence-electron chi connectivity index (χ1n) is 9.56. The molecule has 0 bridgehead atoms. The fraction of sp³-hybridized carbons (Fsp3) is 0.455. The third kappa shape index (κ3) is 5.60. The van der Waals surface area contributed by atoms with Gasteiger partial charge in [0.15, 0.2) is 13.0 Å². The van der Waals surface area contributed by atoms with Crippen molar-refractivity contribution in [3.63, 3.8) is 0 Å². The van der Waals surface area contributed by atoms with Crippen LogP contribution in [-0.4, -0.2) is 31.6 Å². The van der Waals surface area contributed by atoms with Crippen molar-refractivity contribution in [1.29, 1.82) is 0 Å². The lowest BCUT2D eigenvalue weighted by atomic mass is 9.97. The highest BCUT2D eigenvalue weighted by Gasteiger charge is 2.26. The SMILES string of the molecule is COCOc1c(C)cccc1SC[C@@H](C)C[C@H]1CSc2ccccc2OC1N. The molecule has 0 saturated carbocycles. The van der Waals surface area contributed by atoms with Gasteiger partial charge >= 0.3 is 0 Å². The molecular weight excluding hydrogens is 390 g/mol. The molecule has 0 spiro atoms. The number of methoxy groups -OCH3 is 1. The van der Waals surface area contributed by atoms with E-state index >= 15 is 0 Å². The van der Waals surface area contributed by atoms with Crippen molar-refractivity contribution in [1.82, 2.24) is 0 Å². The summed E-state index contributed by atoms with van der Waals surface area (Å²) in [7, 11) is 1.64. The number of para-hydroxylation sites is 2. The van der Waals surface area contributed by atoms with Crippen molar-refractivity contribution >= 4 is 23.5 Å². The number of hydrogen-bond acceptors (Lipinski definition) is 6. The number of hydrogen-bond donors (Lipinski definition) is 1. The minimum Gasteiger partial charge on any atom is -0.474 e. The second kappa shape index (κ2) is 10.4. The van der Waals surface area contributed by atoms with Crippen LogP contribution in [0.2, 0.25) is 0 Å². The fourth-order valence-corrected chi connectivity index (χ4v) is 5.54. The summed E-state index contributed by atoms with van der Waals surface area (Å²) in [5, 5.41) is 0. The van der Waals surface area contributed by atoms with Crippen LogP contribution in [0.25, 0.3) is 0 Å². The zero-order valence-electron chi connectivity index (χ0n) is 16.7. The Hall–Kier alpha value is -1.34. The third-order valence-electron chi connectivity index (χ3n) is 4.76. The highest BCUT2D eigenvalue weighted by Crippen LogP contribution is 2.38. The summed E-state index contributed by atoms with van der Waals surface area (Å²) in [6, 6.07) is 14.4. The average molecular weight is 420 g/mol. The molecule has 2 N–H and O–H groups in total. The molecule has 0 aliphatic carbocycles. The number of fused-ring (bicyclic) bond motifs is 1. The number of ether oxygens (including phenoxy) is 3. The maximum absolute atomic E-state index is 6.37. The lowest BCUT2D eigenvalue weighted by molar-refractivity contribution is 0.0486. The van der Waals surface area contributed by atoms with Crippen LogP contribution < -0.4 is 15.2 Å². The van der Waals surface area contributed by atoms with Gasteiger partial charge in [0.25, 0.3) is 0 Å². The summed E-state index contributed by atoms with van der Waals surface area (Å²) in [6.45, 7) is 4.61. The quantitative estimate of drug-likeness (QED) is 0.470. The van der Waals surface area contributed by atoms with Gasteiger partial charge in [-0.05, 0) is 43.0 Å². The molecular formula is C22H29NO3S2. The summed E-state index contributed by atoms with van der Waals surface area (Å²) >= 11 is 3.68. The standard InChI is InChI=1S/C22H29NO3S2/c1-15(12-27-20-10-6-7-16(2)21(20)25-14-24-3)11-17-13-28-19-9-5-4-8-18(19)26-22(17)23/h4-10,15,17,22H,11-14,23H2,1-3H3/t15-,17-,22?/m0/s1. The molecule has 4 nitrogen and oxygen atoms in total. The van der Waals surface area contributed by atoms with Gasteiger partial charge in [0.05, 0.1) is 0 Å². The van der Waals surface area contributed by atoms with Gasteiger partial charge in [-0.15, -0.1) is 23.5 Å². The van der Waals surface area contributed by atoms with Crippen LogP contribution >= 0.6 is 23.5 Å². The molecule has 1 aliphatic rings. The molecule has 2 aromatic rings. The van der Waals surface area contributed by atoms with E-state index in [1.54, 1.807) is 7.11 Å². The summed E-state index contributed by atoms with van der Waals surface area (Å²) in [5.41, 5.74) is 7.50. The molecule has 1 aliphatic heterocycles. The van der Waals surface area contributed by atoms with Gasteiger partial charge in [-0.3, -0.25) is 5.73 Å². The minimum absolute atomic E-state index is 0.261. The van der Waals surface area contributed by atoms with E-state index in [4.69, 9.17) is 19.9 Å². The van der Waals surface area contributed by atoms with Gasteiger partial charge in [0, 0.05) is 34.3 Å². The molecule has 0 fully saturated rings. The first kappa shape index (κ1) is 21.4. The van der Waals surface area contributed by atoms with E-state index < -0.39 is 0 Å². The summed E-state index contributed by atoms with van der Waals surface area (Å²) in [4.78, 5) is 2.34. The fourth-order valence-electron chi connectivity index (χ4n) is 3.26. The molecule has 152 valence electrons. The zero-order valence-corrected chi connectivity index (χ0v) is 18.4. The molecule has 0 amide bonds. The van der Waals surface area contributed by atoms with Crippen molar-refractivity contribution in [2.45, 2.75) is 36.3 Å². The largest absolute Gasteiger partial charge is 0.474 e. The molecule has 1 heterocycles. The predicted octanol–water partition coefficient (Wildman–Crippen LogP) is 5.18. The highest BCUT2D eigenvalue weighted by atomic mass is 32.2. The van der Waals surface area contributed by atoms with Crippen LogP contribution in [0, 0.1) is 18.8 Å². The van der Waals surface area contributed by atoms with Gasteiger partial charge in [0.1, 0.15) is 11.5 Å². The Morgan fingerprint density at radius 2 is 2.07 bits per heavy atom. The van der Waals surface area contributed by atoms with Crippen molar-refractivity contribution in [2.75, 3.05) is 25.4 Å². The van der Waals surface area contributed by atoms with E-state index in [1.165, 1.54) is 4.90 Å². The first-order valence-corrected chi connectivity index (χ1v) is 11.5. The monoisotopic (exact) mass is 419 g/mol. The van der Waals surface area contributed by atoms with Gasteiger partial charge in [-0.25, -0.2) is 0 Å². The smallest absolute Gasteiger partial charge is 0.188 e. The number of thioether (sulfide) groups is 2. The highest BCUT2D eigenvalue weighted by molar-refractivity contribution is 7.99. The van der Waals surface area contributed by atoms with Crippen LogP contribution in [0.15, 0.2) is 52.3 Å². The Labute approximate surface area is 176 Å². The van der Waals surface area contributed by atoms with E-state index in [9.17, 15) is 0 Å². The number of nitrogens with two attached hydrogens (primary N) is 1. The van der Waals surface area contributed by atoms with Crippen LogP contribution in [0.5, 0.6) is 11.5 Å². The molecule has 0 aromatic heterocycles. The average Bonchev–Trinajstić information content (AvgIpc) is 2.84. The normalized spacial score (nSPS) is 20.0. The van der Waals surface area contributed by atoms with E-state index in [2.05, 4.69) is 38.1 Å². The van der Waals surface area contributed by atoms with Crippen molar-refractivity contribution in [3.8, 4) is 11.5 Å². The van der Waals surface area contributed by atoms with E-state index in [0.29, 0.717) is 11.8 Å². The molecule has 1 unspecified atom stereocenters. The number of aryl methyl sites for hydroxylation is 1. The Kier molecular flexibility index (Phi) is 7.97. The van der Waals surface area contributed by atoms with Crippen molar-refractivity contribution in [3.05, 3.63) is 48.0 Å². The second-order valence-corrected chi connectivity index (χ2v) is 9.33. The topological polar surface area (TPSA) is 53.7 Å². The Bertz CT molecular complexity index is 771. The van der Waals surface area contributed by atoms with Gasteiger partial charge in [-0.1, -0.05) is 31.2 Å². The van der Waals surface area contributed by atoms with Crippen LogP contribution in [-0.2, 0) is 4.74 Å². The number of rotatable bonds is 8.